The molecule has 1 amide bonds. The summed E-state index contributed by atoms with van der Waals surface area (Å²) in [5.41, 5.74) is 1.64. The number of rotatable bonds is 4. The molecule has 0 saturated heterocycles. The number of para-hydroxylation sites is 2. The maximum absolute atomic E-state index is 12.5. The molecule has 132 valence electrons. The van der Waals surface area contributed by atoms with E-state index in [-0.39, 0.29) is 11.4 Å². The number of hydrogen-bond donors (Lipinski definition) is 2. The lowest BCUT2D eigenvalue weighted by molar-refractivity contribution is 0.0689. The Morgan fingerprint density at radius 1 is 1.08 bits per heavy atom. The highest BCUT2D eigenvalue weighted by molar-refractivity contribution is 6.02. The van der Waals surface area contributed by atoms with E-state index < -0.39 is 11.9 Å². The van der Waals surface area contributed by atoms with Crippen molar-refractivity contribution in [1.29, 1.82) is 0 Å². The van der Waals surface area contributed by atoms with Gasteiger partial charge in [0.25, 0.3) is 5.91 Å². The summed E-state index contributed by atoms with van der Waals surface area (Å²) in [5, 5.41) is 11.7. The SMILES string of the molecule is O=C(O)c1cnc(C(=O)Nc2nc3ccccc3n2C2CCCC2)cn1. The van der Waals surface area contributed by atoms with Crippen LogP contribution in [0.25, 0.3) is 11.0 Å². The number of carboxylic acid groups (broad SMARTS) is 1. The minimum atomic E-state index is -1.19. The number of carboxylic acids is 1. The Morgan fingerprint density at radius 2 is 1.77 bits per heavy atom. The zero-order valence-corrected chi connectivity index (χ0v) is 13.9. The monoisotopic (exact) mass is 351 g/mol. The van der Waals surface area contributed by atoms with E-state index >= 15 is 0 Å². The number of carbonyl (C=O) groups is 2. The second-order valence-electron chi connectivity index (χ2n) is 6.28. The predicted octanol–water partition coefficient (Wildman–Crippen LogP) is 2.89. The van der Waals surface area contributed by atoms with E-state index in [9.17, 15) is 9.59 Å². The number of imidazole rings is 1. The molecule has 1 aliphatic rings. The minimum Gasteiger partial charge on any atom is -0.476 e. The Morgan fingerprint density at radius 3 is 2.46 bits per heavy atom. The lowest BCUT2D eigenvalue weighted by Gasteiger charge is -2.16. The largest absolute Gasteiger partial charge is 0.476 e. The molecule has 26 heavy (non-hydrogen) atoms. The first-order chi connectivity index (χ1) is 12.6. The van der Waals surface area contributed by atoms with Gasteiger partial charge in [-0.3, -0.25) is 10.1 Å². The van der Waals surface area contributed by atoms with Gasteiger partial charge in [-0.25, -0.2) is 19.7 Å². The standard InChI is InChI=1S/C18H17N5O3/c24-16(13-9-20-14(10-19-13)17(25)26)22-18-21-12-7-3-4-8-15(12)23(18)11-5-1-2-6-11/h3-4,7-11H,1-2,5-6H2,(H,25,26)(H,21,22,24). The molecule has 1 saturated carbocycles. The average Bonchev–Trinajstić information content (AvgIpc) is 3.28. The number of benzene rings is 1. The number of aromatic carboxylic acids is 1. The van der Waals surface area contributed by atoms with Crippen molar-refractivity contribution in [3.63, 3.8) is 0 Å². The molecule has 0 radical (unpaired) electrons. The third-order valence-corrected chi connectivity index (χ3v) is 4.61. The molecule has 4 rings (SSSR count). The van der Waals surface area contributed by atoms with Crippen LogP contribution in [0.15, 0.2) is 36.7 Å². The van der Waals surface area contributed by atoms with Crippen molar-refractivity contribution >= 4 is 28.9 Å². The number of amides is 1. The molecule has 1 aliphatic carbocycles. The molecule has 2 N–H and O–H groups in total. The van der Waals surface area contributed by atoms with E-state index in [1.54, 1.807) is 0 Å². The summed E-state index contributed by atoms with van der Waals surface area (Å²) in [7, 11) is 0. The van der Waals surface area contributed by atoms with Crippen molar-refractivity contribution in [3.05, 3.63) is 48.0 Å². The van der Waals surface area contributed by atoms with Gasteiger partial charge in [0.15, 0.2) is 5.69 Å². The van der Waals surface area contributed by atoms with Gasteiger partial charge in [0.05, 0.1) is 23.4 Å². The maximum Gasteiger partial charge on any atom is 0.356 e. The normalized spacial score (nSPS) is 14.6. The lowest BCUT2D eigenvalue weighted by Crippen LogP contribution is -2.19. The van der Waals surface area contributed by atoms with Gasteiger partial charge in [0.1, 0.15) is 5.69 Å². The molecule has 0 spiro atoms. The molecule has 0 unspecified atom stereocenters. The Balaban J connectivity index is 1.66. The zero-order chi connectivity index (χ0) is 18.1. The van der Waals surface area contributed by atoms with Gasteiger partial charge in [-0.2, -0.15) is 0 Å². The van der Waals surface area contributed by atoms with Gasteiger partial charge in [0, 0.05) is 6.04 Å². The predicted molar refractivity (Wildman–Crippen MR) is 94.2 cm³/mol. The van der Waals surface area contributed by atoms with Crippen molar-refractivity contribution in [3.8, 4) is 0 Å². The smallest absolute Gasteiger partial charge is 0.356 e. The Hall–Kier alpha value is -3.29. The second kappa shape index (κ2) is 6.55. The van der Waals surface area contributed by atoms with Gasteiger partial charge in [-0.15, -0.1) is 0 Å². The van der Waals surface area contributed by atoms with Crippen LogP contribution in [0.1, 0.15) is 52.7 Å². The first-order valence-electron chi connectivity index (χ1n) is 8.47. The van der Waals surface area contributed by atoms with Crippen molar-refractivity contribution in [2.75, 3.05) is 5.32 Å². The average molecular weight is 351 g/mol. The summed E-state index contributed by atoms with van der Waals surface area (Å²) in [6.07, 6.45) is 6.64. The van der Waals surface area contributed by atoms with E-state index in [2.05, 4.69) is 24.8 Å². The van der Waals surface area contributed by atoms with Crippen LogP contribution in [0.5, 0.6) is 0 Å². The van der Waals surface area contributed by atoms with Crippen molar-refractivity contribution in [1.82, 2.24) is 19.5 Å². The molecule has 8 nitrogen and oxygen atoms in total. The van der Waals surface area contributed by atoms with E-state index in [1.807, 2.05) is 24.3 Å². The molecule has 2 aromatic heterocycles. The molecule has 2 heterocycles. The fraction of sp³-hybridized carbons (Fsp3) is 0.278. The van der Waals surface area contributed by atoms with Crippen molar-refractivity contribution in [2.24, 2.45) is 0 Å². The minimum absolute atomic E-state index is 0.0417. The maximum atomic E-state index is 12.5. The lowest BCUT2D eigenvalue weighted by atomic mass is 10.2. The van der Waals surface area contributed by atoms with E-state index in [0.717, 1.165) is 49.1 Å². The van der Waals surface area contributed by atoms with Crippen molar-refractivity contribution < 1.29 is 14.7 Å². The van der Waals surface area contributed by atoms with Crippen molar-refractivity contribution in [2.45, 2.75) is 31.7 Å². The van der Waals surface area contributed by atoms with Crippen LogP contribution in [-0.2, 0) is 0 Å². The zero-order valence-electron chi connectivity index (χ0n) is 13.9. The van der Waals surface area contributed by atoms with Gasteiger partial charge >= 0.3 is 5.97 Å². The van der Waals surface area contributed by atoms with Crippen LogP contribution in [-0.4, -0.2) is 36.5 Å². The van der Waals surface area contributed by atoms with E-state index in [0.29, 0.717) is 12.0 Å². The number of carbonyl (C=O) groups excluding carboxylic acids is 1. The number of hydrogen-bond acceptors (Lipinski definition) is 5. The molecule has 8 heteroatoms. The fourth-order valence-electron chi connectivity index (χ4n) is 3.39. The Bertz CT molecular complexity index is 974. The highest BCUT2D eigenvalue weighted by Crippen LogP contribution is 2.35. The molecule has 3 aromatic rings. The first kappa shape index (κ1) is 16.2. The second-order valence-corrected chi connectivity index (χ2v) is 6.28. The summed E-state index contributed by atoms with van der Waals surface area (Å²) < 4.78 is 2.08. The van der Waals surface area contributed by atoms with Gasteiger partial charge < -0.3 is 9.67 Å². The summed E-state index contributed by atoms with van der Waals surface area (Å²) in [6, 6.07) is 8.08. The fourth-order valence-corrected chi connectivity index (χ4v) is 3.39. The first-order valence-corrected chi connectivity index (χ1v) is 8.47. The molecule has 0 bridgehead atoms. The number of aromatic nitrogens is 4. The van der Waals surface area contributed by atoms with Crippen LogP contribution in [0.2, 0.25) is 0 Å². The number of fused-ring (bicyclic) bond motifs is 1. The molecular formula is C18H17N5O3. The summed E-state index contributed by atoms with van der Waals surface area (Å²) in [6.45, 7) is 0. The quantitative estimate of drug-likeness (QED) is 0.748. The van der Waals surface area contributed by atoms with Crippen LogP contribution >= 0.6 is 0 Å². The molecular weight excluding hydrogens is 334 g/mol. The highest BCUT2D eigenvalue weighted by Gasteiger charge is 2.24. The summed E-state index contributed by atoms with van der Waals surface area (Å²) >= 11 is 0. The Labute approximate surface area is 148 Å². The van der Waals surface area contributed by atoms with Crippen LogP contribution < -0.4 is 5.32 Å². The van der Waals surface area contributed by atoms with E-state index in [1.165, 1.54) is 0 Å². The van der Waals surface area contributed by atoms with Crippen LogP contribution in [0, 0.1) is 0 Å². The Kier molecular flexibility index (Phi) is 4.08. The number of nitrogens with one attached hydrogen (secondary N) is 1. The summed E-state index contributed by atoms with van der Waals surface area (Å²) in [5.74, 6) is -1.18. The molecule has 0 atom stereocenters. The molecule has 1 aromatic carbocycles. The molecule has 0 aliphatic heterocycles. The molecule has 1 fully saturated rings. The highest BCUT2D eigenvalue weighted by atomic mass is 16.4. The van der Waals surface area contributed by atoms with Crippen LogP contribution in [0.4, 0.5) is 5.95 Å². The summed E-state index contributed by atoms with van der Waals surface area (Å²) in [4.78, 5) is 35.5. The van der Waals surface area contributed by atoms with Gasteiger partial charge in [-0.05, 0) is 25.0 Å². The van der Waals surface area contributed by atoms with Gasteiger partial charge in [-0.1, -0.05) is 25.0 Å². The van der Waals surface area contributed by atoms with E-state index in [4.69, 9.17) is 5.11 Å². The third kappa shape index (κ3) is 2.90. The topological polar surface area (TPSA) is 110 Å². The number of nitrogens with zero attached hydrogens (tertiary/aromatic N) is 4. The third-order valence-electron chi connectivity index (χ3n) is 4.61. The van der Waals surface area contributed by atoms with Crippen LogP contribution in [0.3, 0.4) is 0 Å². The number of anilines is 1. The van der Waals surface area contributed by atoms with Gasteiger partial charge in [0.2, 0.25) is 5.95 Å².